The van der Waals surface area contributed by atoms with Crippen molar-refractivity contribution < 1.29 is 0 Å². The molecule has 0 amide bonds. The Bertz CT molecular complexity index is 611. The summed E-state index contributed by atoms with van der Waals surface area (Å²) in [6, 6.07) is 10.7. The molecule has 5 nitrogen and oxygen atoms in total. The van der Waals surface area contributed by atoms with E-state index >= 15 is 0 Å². The monoisotopic (exact) mass is 255 g/mol. The maximum Gasteiger partial charge on any atom is 0.223 e. The number of hydrogen-bond acceptors (Lipinski definition) is 5. The summed E-state index contributed by atoms with van der Waals surface area (Å²) in [5.74, 6) is 1.87. The van der Waals surface area contributed by atoms with Crippen molar-refractivity contribution in [2.45, 2.75) is 19.4 Å². The Morgan fingerprint density at radius 1 is 1.32 bits per heavy atom. The molecule has 5 heteroatoms. The van der Waals surface area contributed by atoms with Crippen molar-refractivity contribution in [2.24, 2.45) is 0 Å². The van der Waals surface area contributed by atoms with Crippen LogP contribution in [-0.2, 0) is 6.42 Å². The van der Waals surface area contributed by atoms with Gasteiger partial charge in [-0.1, -0.05) is 18.2 Å². The van der Waals surface area contributed by atoms with Crippen LogP contribution >= 0.6 is 0 Å². The fraction of sp³-hybridized carbons (Fsp3) is 0.286. The Balaban J connectivity index is 2.09. The Labute approximate surface area is 112 Å². The third-order valence-corrected chi connectivity index (χ3v) is 3.44. The van der Waals surface area contributed by atoms with Crippen LogP contribution in [0.5, 0.6) is 0 Å². The van der Waals surface area contributed by atoms with E-state index < -0.39 is 0 Å². The first-order valence-corrected chi connectivity index (χ1v) is 6.38. The molecular formula is C14H17N5. The number of anilines is 4. The maximum atomic E-state index is 5.78. The van der Waals surface area contributed by atoms with Crippen molar-refractivity contribution in [3.05, 3.63) is 35.9 Å². The van der Waals surface area contributed by atoms with Crippen molar-refractivity contribution in [1.29, 1.82) is 0 Å². The predicted octanol–water partition coefficient (Wildman–Crippen LogP) is 2.18. The van der Waals surface area contributed by atoms with Crippen molar-refractivity contribution in [2.75, 3.05) is 23.0 Å². The first-order valence-electron chi connectivity index (χ1n) is 6.38. The molecule has 2 aromatic rings. The zero-order chi connectivity index (χ0) is 13.4. The van der Waals surface area contributed by atoms with E-state index in [0.717, 1.165) is 18.1 Å². The van der Waals surface area contributed by atoms with Gasteiger partial charge in [0.2, 0.25) is 5.95 Å². The number of hydrogen-bond donors (Lipinski definition) is 2. The summed E-state index contributed by atoms with van der Waals surface area (Å²) < 4.78 is 0. The number of nitrogens with one attached hydrogen (secondary N) is 1. The van der Waals surface area contributed by atoms with Gasteiger partial charge in [-0.25, -0.2) is 0 Å². The van der Waals surface area contributed by atoms with E-state index in [9.17, 15) is 0 Å². The molecule has 19 heavy (non-hydrogen) atoms. The number of benzene rings is 1. The number of nitrogens with two attached hydrogens (primary N) is 1. The number of nitrogen functional groups attached to an aromatic ring is 1. The number of fused-ring (bicyclic) bond motifs is 1. The molecule has 0 saturated carbocycles. The second-order valence-corrected chi connectivity index (χ2v) is 4.77. The second kappa shape index (κ2) is 4.42. The van der Waals surface area contributed by atoms with Gasteiger partial charge in [0.15, 0.2) is 0 Å². The molecule has 1 unspecified atom stereocenters. The summed E-state index contributed by atoms with van der Waals surface area (Å²) in [4.78, 5) is 10.7. The molecule has 0 saturated heterocycles. The van der Waals surface area contributed by atoms with Crippen LogP contribution in [0.25, 0.3) is 0 Å². The fourth-order valence-electron chi connectivity index (χ4n) is 2.62. The average molecular weight is 255 g/mol. The lowest BCUT2D eigenvalue weighted by atomic mass is 10.1. The van der Waals surface area contributed by atoms with Gasteiger partial charge in [0, 0.05) is 24.8 Å². The van der Waals surface area contributed by atoms with Crippen molar-refractivity contribution in [3.63, 3.8) is 0 Å². The lowest BCUT2D eigenvalue weighted by molar-refractivity contribution is 0.750. The van der Waals surface area contributed by atoms with Gasteiger partial charge < -0.3 is 16.0 Å². The van der Waals surface area contributed by atoms with Crippen LogP contribution in [-0.4, -0.2) is 23.1 Å². The normalized spacial score (nSPS) is 17.4. The van der Waals surface area contributed by atoms with Gasteiger partial charge in [-0.05, 0) is 25.0 Å². The number of aromatic nitrogens is 2. The molecular weight excluding hydrogens is 238 g/mol. The number of rotatable bonds is 2. The lowest BCUT2D eigenvalue weighted by Crippen LogP contribution is -2.25. The van der Waals surface area contributed by atoms with Crippen molar-refractivity contribution in [1.82, 2.24) is 9.97 Å². The molecule has 0 spiro atoms. The van der Waals surface area contributed by atoms with Crippen LogP contribution < -0.4 is 16.0 Å². The zero-order valence-corrected chi connectivity index (χ0v) is 11.1. The summed E-state index contributed by atoms with van der Waals surface area (Å²) in [7, 11) is 1.83. The van der Waals surface area contributed by atoms with E-state index in [1.807, 2.05) is 19.2 Å². The van der Waals surface area contributed by atoms with E-state index in [0.29, 0.717) is 12.0 Å². The molecule has 0 aliphatic carbocycles. The van der Waals surface area contributed by atoms with Crippen LogP contribution in [0.1, 0.15) is 12.5 Å². The van der Waals surface area contributed by atoms with Crippen LogP contribution in [0.4, 0.5) is 23.3 Å². The third-order valence-electron chi connectivity index (χ3n) is 3.44. The van der Waals surface area contributed by atoms with Crippen LogP contribution in [0.15, 0.2) is 30.3 Å². The summed E-state index contributed by atoms with van der Waals surface area (Å²) in [6.45, 7) is 2.19. The molecule has 0 bridgehead atoms. The Kier molecular flexibility index (Phi) is 2.74. The van der Waals surface area contributed by atoms with E-state index in [1.165, 1.54) is 11.3 Å². The van der Waals surface area contributed by atoms with Crippen LogP contribution in [0.2, 0.25) is 0 Å². The predicted molar refractivity (Wildman–Crippen MR) is 77.7 cm³/mol. The Morgan fingerprint density at radius 2 is 2.11 bits per heavy atom. The van der Waals surface area contributed by atoms with Gasteiger partial charge in [0.25, 0.3) is 0 Å². The van der Waals surface area contributed by atoms with Crippen LogP contribution in [0, 0.1) is 0 Å². The fourth-order valence-corrected chi connectivity index (χ4v) is 2.62. The second-order valence-electron chi connectivity index (χ2n) is 4.77. The smallest absolute Gasteiger partial charge is 0.223 e. The van der Waals surface area contributed by atoms with E-state index in [2.05, 4.69) is 45.3 Å². The largest absolute Gasteiger partial charge is 0.373 e. The molecule has 0 radical (unpaired) electrons. The minimum Gasteiger partial charge on any atom is -0.373 e. The lowest BCUT2D eigenvalue weighted by Gasteiger charge is -2.24. The molecule has 1 aliphatic heterocycles. The molecule has 1 aromatic carbocycles. The SMILES string of the molecule is CNc1cc(N2c3ccccc3CC2C)nc(N)n1. The number of para-hydroxylation sites is 1. The highest BCUT2D eigenvalue weighted by molar-refractivity contribution is 5.70. The van der Waals surface area contributed by atoms with E-state index in [4.69, 9.17) is 5.73 Å². The van der Waals surface area contributed by atoms with Gasteiger partial charge in [-0.15, -0.1) is 0 Å². The Hall–Kier alpha value is -2.30. The topological polar surface area (TPSA) is 67.1 Å². The summed E-state index contributed by atoms with van der Waals surface area (Å²) in [5, 5.41) is 3.01. The van der Waals surface area contributed by atoms with E-state index in [1.54, 1.807) is 0 Å². The molecule has 3 N–H and O–H groups in total. The van der Waals surface area contributed by atoms with Crippen molar-refractivity contribution >= 4 is 23.3 Å². The summed E-state index contributed by atoms with van der Waals surface area (Å²) >= 11 is 0. The highest BCUT2D eigenvalue weighted by atomic mass is 15.3. The minimum atomic E-state index is 0.290. The maximum absolute atomic E-state index is 5.78. The molecule has 98 valence electrons. The standard InChI is InChI=1S/C14H17N5/c1-9-7-10-5-3-4-6-11(10)19(9)13-8-12(16-2)17-14(15)18-13/h3-6,8-9H,7H2,1-2H3,(H3,15,16,17,18). The van der Waals surface area contributed by atoms with Gasteiger partial charge in [-0.3, -0.25) is 0 Å². The zero-order valence-electron chi connectivity index (χ0n) is 11.1. The Morgan fingerprint density at radius 3 is 2.89 bits per heavy atom. The molecule has 3 rings (SSSR count). The highest BCUT2D eigenvalue weighted by Gasteiger charge is 2.28. The molecule has 1 atom stereocenters. The van der Waals surface area contributed by atoms with Crippen molar-refractivity contribution in [3.8, 4) is 0 Å². The van der Waals surface area contributed by atoms with Gasteiger partial charge in [0.1, 0.15) is 11.6 Å². The van der Waals surface area contributed by atoms with Gasteiger partial charge in [-0.2, -0.15) is 9.97 Å². The first kappa shape index (κ1) is 11.8. The number of nitrogens with zero attached hydrogens (tertiary/aromatic N) is 3. The molecule has 2 heterocycles. The average Bonchev–Trinajstić information content (AvgIpc) is 2.73. The summed E-state index contributed by atoms with van der Waals surface area (Å²) in [5.41, 5.74) is 8.33. The molecule has 1 aromatic heterocycles. The van der Waals surface area contributed by atoms with E-state index in [-0.39, 0.29) is 0 Å². The van der Waals surface area contributed by atoms with Gasteiger partial charge >= 0.3 is 0 Å². The first-order chi connectivity index (χ1) is 9.19. The minimum absolute atomic E-state index is 0.290. The quantitative estimate of drug-likeness (QED) is 0.861. The highest BCUT2D eigenvalue weighted by Crippen LogP contribution is 2.37. The van der Waals surface area contributed by atoms with Crippen LogP contribution in [0.3, 0.4) is 0 Å². The third kappa shape index (κ3) is 1.97. The summed E-state index contributed by atoms with van der Waals surface area (Å²) in [6.07, 6.45) is 1.02. The van der Waals surface area contributed by atoms with Gasteiger partial charge in [0.05, 0.1) is 0 Å². The molecule has 0 fully saturated rings. The molecule has 1 aliphatic rings.